The maximum atomic E-state index is 12.8. The van der Waals surface area contributed by atoms with Crippen LogP contribution in [0.2, 0.25) is 0 Å². The molecule has 0 saturated carbocycles. The molecule has 0 radical (unpaired) electrons. The van der Waals surface area contributed by atoms with Gasteiger partial charge < -0.3 is 15.1 Å². The van der Waals surface area contributed by atoms with Crippen molar-refractivity contribution in [3.05, 3.63) is 29.8 Å². The molecule has 2 N–H and O–H groups in total. The third kappa shape index (κ3) is 4.83. The molecule has 1 aliphatic heterocycles. The fourth-order valence-corrected chi connectivity index (χ4v) is 3.76. The predicted octanol–water partition coefficient (Wildman–Crippen LogP) is 4.13. The standard InChI is InChI=1S/C21H33NO3/c1-3-4-5-6-7-8-9-12-15-22-19-14-11-10-13-18(19)21(25,20(22)24)16-17(2)23/h10-11,13-14,17,23,25H,3-9,12,15-16H2,1-2H3. The third-order valence-electron chi connectivity index (χ3n) is 5.07. The van der Waals surface area contributed by atoms with Gasteiger partial charge in [0.1, 0.15) is 0 Å². The first-order chi connectivity index (χ1) is 12.0. The van der Waals surface area contributed by atoms with Crippen molar-refractivity contribution < 1.29 is 15.0 Å². The van der Waals surface area contributed by atoms with Crippen LogP contribution < -0.4 is 4.90 Å². The van der Waals surface area contributed by atoms with E-state index in [-0.39, 0.29) is 12.3 Å². The molecule has 1 heterocycles. The number of fused-ring (bicyclic) bond motifs is 1. The number of anilines is 1. The molecule has 1 aromatic carbocycles. The minimum absolute atomic E-state index is 0.0385. The number of aliphatic hydroxyl groups excluding tert-OH is 1. The van der Waals surface area contributed by atoms with Crippen molar-refractivity contribution >= 4 is 11.6 Å². The minimum atomic E-state index is -1.59. The Labute approximate surface area is 151 Å². The average Bonchev–Trinajstić information content (AvgIpc) is 2.78. The van der Waals surface area contributed by atoms with Gasteiger partial charge in [-0.3, -0.25) is 4.79 Å². The second-order valence-electron chi connectivity index (χ2n) is 7.36. The van der Waals surface area contributed by atoms with Crippen molar-refractivity contribution in [3.63, 3.8) is 0 Å². The second kappa shape index (κ2) is 9.35. The van der Waals surface area contributed by atoms with Crippen LogP contribution in [0.1, 0.15) is 77.2 Å². The molecule has 0 bridgehead atoms. The normalized spacial score (nSPS) is 20.8. The minimum Gasteiger partial charge on any atom is -0.393 e. The first kappa shape index (κ1) is 19.9. The Morgan fingerprint density at radius 1 is 1.04 bits per heavy atom. The Hall–Kier alpha value is -1.39. The Balaban J connectivity index is 1.90. The van der Waals surface area contributed by atoms with Gasteiger partial charge in [0.2, 0.25) is 0 Å². The first-order valence-electron chi connectivity index (χ1n) is 9.82. The Kier molecular flexibility index (Phi) is 7.45. The van der Waals surface area contributed by atoms with Crippen LogP contribution in [0, 0.1) is 0 Å². The highest BCUT2D eigenvalue weighted by molar-refractivity contribution is 6.06. The second-order valence-corrected chi connectivity index (χ2v) is 7.36. The fourth-order valence-electron chi connectivity index (χ4n) is 3.76. The van der Waals surface area contributed by atoms with Gasteiger partial charge in [-0.2, -0.15) is 0 Å². The van der Waals surface area contributed by atoms with E-state index in [0.717, 1.165) is 18.5 Å². The number of amides is 1. The topological polar surface area (TPSA) is 60.8 Å². The molecule has 4 nitrogen and oxygen atoms in total. The molecule has 0 aliphatic carbocycles. The SMILES string of the molecule is CCCCCCCCCCN1C(=O)C(O)(CC(C)O)c2ccccc21. The van der Waals surface area contributed by atoms with Crippen molar-refractivity contribution in [2.75, 3.05) is 11.4 Å². The monoisotopic (exact) mass is 347 g/mol. The van der Waals surface area contributed by atoms with E-state index >= 15 is 0 Å². The molecular formula is C21H33NO3. The number of carbonyl (C=O) groups is 1. The molecule has 1 aliphatic rings. The molecule has 2 atom stereocenters. The molecule has 25 heavy (non-hydrogen) atoms. The quantitative estimate of drug-likeness (QED) is 0.592. The summed E-state index contributed by atoms with van der Waals surface area (Å²) in [6.07, 6.45) is 9.02. The van der Waals surface area contributed by atoms with E-state index in [1.807, 2.05) is 18.2 Å². The first-order valence-corrected chi connectivity index (χ1v) is 9.82. The van der Waals surface area contributed by atoms with Crippen LogP contribution in [0.25, 0.3) is 0 Å². The lowest BCUT2D eigenvalue weighted by molar-refractivity contribution is -0.139. The summed E-state index contributed by atoms with van der Waals surface area (Å²) in [6.45, 7) is 4.46. The van der Waals surface area contributed by atoms with Gasteiger partial charge in [0.05, 0.1) is 11.8 Å². The molecule has 0 aromatic heterocycles. The van der Waals surface area contributed by atoms with E-state index in [4.69, 9.17) is 0 Å². The van der Waals surface area contributed by atoms with Crippen LogP contribution in [0.5, 0.6) is 0 Å². The molecule has 0 spiro atoms. The Morgan fingerprint density at radius 2 is 1.64 bits per heavy atom. The number of nitrogens with zero attached hydrogens (tertiary/aromatic N) is 1. The van der Waals surface area contributed by atoms with Crippen molar-refractivity contribution in [1.82, 2.24) is 0 Å². The maximum absolute atomic E-state index is 12.8. The van der Waals surface area contributed by atoms with Crippen LogP contribution in [-0.4, -0.2) is 28.8 Å². The van der Waals surface area contributed by atoms with Gasteiger partial charge in [0.15, 0.2) is 5.60 Å². The van der Waals surface area contributed by atoms with Gasteiger partial charge in [-0.15, -0.1) is 0 Å². The summed E-state index contributed by atoms with van der Waals surface area (Å²) in [5, 5.41) is 20.6. The maximum Gasteiger partial charge on any atom is 0.263 e. The number of unbranched alkanes of at least 4 members (excludes halogenated alkanes) is 7. The van der Waals surface area contributed by atoms with Crippen LogP contribution in [-0.2, 0) is 10.4 Å². The molecule has 0 fully saturated rings. The lowest BCUT2D eigenvalue weighted by Crippen LogP contribution is -2.42. The Morgan fingerprint density at radius 3 is 2.28 bits per heavy atom. The van der Waals surface area contributed by atoms with Gasteiger partial charge in [-0.1, -0.05) is 70.1 Å². The lowest BCUT2D eigenvalue weighted by Gasteiger charge is -2.24. The molecule has 4 heteroatoms. The number of hydrogen-bond acceptors (Lipinski definition) is 3. The van der Waals surface area contributed by atoms with E-state index in [1.165, 1.54) is 38.5 Å². The van der Waals surface area contributed by atoms with Crippen molar-refractivity contribution in [2.24, 2.45) is 0 Å². The molecular weight excluding hydrogens is 314 g/mol. The van der Waals surface area contributed by atoms with Gasteiger partial charge >= 0.3 is 0 Å². The third-order valence-corrected chi connectivity index (χ3v) is 5.07. The van der Waals surface area contributed by atoms with E-state index in [9.17, 15) is 15.0 Å². The predicted molar refractivity (Wildman–Crippen MR) is 102 cm³/mol. The van der Waals surface area contributed by atoms with E-state index < -0.39 is 11.7 Å². The van der Waals surface area contributed by atoms with Gasteiger partial charge in [-0.25, -0.2) is 0 Å². The van der Waals surface area contributed by atoms with E-state index in [2.05, 4.69) is 6.92 Å². The average molecular weight is 347 g/mol. The molecule has 0 saturated heterocycles. The summed E-state index contributed by atoms with van der Waals surface area (Å²) in [5.41, 5.74) is -0.177. The van der Waals surface area contributed by atoms with Gasteiger partial charge in [-0.05, 0) is 19.4 Å². The molecule has 140 valence electrons. The number of carbonyl (C=O) groups excluding carboxylic acids is 1. The zero-order valence-electron chi connectivity index (χ0n) is 15.7. The molecule has 1 amide bonds. The van der Waals surface area contributed by atoms with E-state index in [1.54, 1.807) is 17.9 Å². The largest absolute Gasteiger partial charge is 0.393 e. The van der Waals surface area contributed by atoms with Crippen LogP contribution in [0.15, 0.2) is 24.3 Å². The van der Waals surface area contributed by atoms with Crippen LogP contribution in [0.4, 0.5) is 5.69 Å². The highest BCUT2D eigenvalue weighted by Crippen LogP contribution is 2.42. The van der Waals surface area contributed by atoms with Crippen LogP contribution in [0.3, 0.4) is 0 Å². The fraction of sp³-hybridized carbons (Fsp3) is 0.667. The van der Waals surface area contributed by atoms with Crippen LogP contribution >= 0.6 is 0 Å². The summed E-state index contributed by atoms with van der Waals surface area (Å²) in [4.78, 5) is 14.5. The van der Waals surface area contributed by atoms with Crippen molar-refractivity contribution in [3.8, 4) is 0 Å². The van der Waals surface area contributed by atoms with Crippen molar-refractivity contribution in [1.29, 1.82) is 0 Å². The number of rotatable bonds is 11. The molecule has 2 unspecified atom stereocenters. The van der Waals surface area contributed by atoms with E-state index in [0.29, 0.717) is 12.1 Å². The summed E-state index contributed by atoms with van der Waals surface area (Å²) >= 11 is 0. The summed E-state index contributed by atoms with van der Waals surface area (Å²) in [6, 6.07) is 7.40. The summed E-state index contributed by atoms with van der Waals surface area (Å²) in [7, 11) is 0. The number of para-hydroxylation sites is 1. The number of benzene rings is 1. The highest BCUT2D eigenvalue weighted by Gasteiger charge is 2.49. The zero-order valence-corrected chi connectivity index (χ0v) is 15.7. The number of aliphatic hydroxyl groups is 2. The Bertz CT molecular complexity index is 558. The van der Waals surface area contributed by atoms with Crippen molar-refractivity contribution in [2.45, 2.75) is 83.3 Å². The highest BCUT2D eigenvalue weighted by atomic mass is 16.3. The zero-order chi connectivity index (χ0) is 18.3. The number of hydrogen-bond donors (Lipinski definition) is 2. The molecule has 2 rings (SSSR count). The lowest BCUT2D eigenvalue weighted by atomic mass is 9.90. The van der Waals surface area contributed by atoms with Gasteiger partial charge in [0.25, 0.3) is 5.91 Å². The van der Waals surface area contributed by atoms with Gasteiger partial charge in [0, 0.05) is 18.5 Å². The molecule has 1 aromatic rings. The summed E-state index contributed by atoms with van der Waals surface area (Å²) < 4.78 is 0. The summed E-state index contributed by atoms with van der Waals surface area (Å²) in [5.74, 6) is -0.294. The smallest absolute Gasteiger partial charge is 0.263 e.